The summed E-state index contributed by atoms with van der Waals surface area (Å²) in [5.74, 6) is 0.125. The molecule has 0 saturated carbocycles. The normalized spacial score (nSPS) is 12.7. The van der Waals surface area contributed by atoms with Gasteiger partial charge in [0.2, 0.25) is 0 Å². The van der Waals surface area contributed by atoms with Crippen LogP contribution in [0.15, 0.2) is 41.0 Å². The van der Waals surface area contributed by atoms with Crippen molar-refractivity contribution in [2.75, 3.05) is 0 Å². The van der Waals surface area contributed by atoms with E-state index in [1.165, 1.54) is 24.5 Å². The van der Waals surface area contributed by atoms with Gasteiger partial charge in [0.1, 0.15) is 11.6 Å². The van der Waals surface area contributed by atoms with Crippen LogP contribution in [0.3, 0.4) is 0 Å². The van der Waals surface area contributed by atoms with Crippen LogP contribution >= 0.6 is 11.6 Å². The molecule has 0 bridgehead atoms. The molecule has 0 aliphatic carbocycles. The maximum Gasteiger partial charge on any atom is 0.128 e. The topological polar surface area (TPSA) is 39.2 Å². The van der Waals surface area contributed by atoms with Crippen molar-refractivity contribution in [1.82, 2.24) is 0 Å². The Morgan fingerprint density at radius 2 is 2.13 bits per heavy atom. The molecule has 2 aromatic rings. The van der Waals surface area contributed by atoms with Crippen LogP contribution in [0, 0.1) is 5.82 Å². The van der Waals surface area contributed by atoms with Crippen LogP contribution in [0.5, 0.6) is 0 Å². The Morgan fingerprint density at radius 1 is 1.33 bits per heavy atom. The Morgan fingerprint density at radius 3 is 2.80 bits per heavy atom. The highest BCUT2D eigenvalue weighted by Gasteiger charge is 2.16. The van der Waals surface area contributed by atoms with Gasteiger partial charge in [-0.05, 0) is 30.3 Å². The zero-order valence-electron chi connectivity index (χ0n) is 7.78. The van der Waals surface area contributed by atoms with E-state index in [-0.39, 0.29) is 5.82 Å². The van der Waals surface area contributed by atoms with Gasteiger partial charge in [-0.2, -0.15) is 0 Å². The maximum absolute atomic E-state index is 13.4. The van der Waals surface area contributed by atoms with Crippen molar-refractivity contribution in [2.24, 2.45) is 5.73 Å². The minimum absolute atomic E-state index is 0.331. The van der Waals surface area contributed by atoms with E-state index >= 15 is 0 Å². The first-order valence-corrected chi connectivity index (χ1v) is 4.80. The molecule has 1 aromatic heterocycles. The zero-order chi connectivity index (χ0) is 10.8. The van der Waals surface area contributed by atoms with Gasteiger partial charge in [0.25, 0.3) is 0 Å². The van der Waals surface area contributed by atoms with Gasteiger partial charge in [-0.25, -0.2) is 4.39 Å². The van der Waals surface area contributed by atoms with Crippen LogP contribution in [0.2, 0.25) is 5.02 Å². The second-order valence-corrected chi connectivity index (χ2v) is 3.60. The summed E-state index contributed by atoms with van der Waals surface area (Å²) in [7, 11) is 0. The van der Waals surface area contributed by atoms with E-state index in [4.69, 9.17) is 21.8 Å². The number of furan rings is 1. The number of halogens is 2. The van der Waals surface area contributed by atoms with Crippen LogP contribution in [-0.2, 0) is 0 Å². The molecule has 2 N–H and O–H groups in total. The van der Waals surface area contributed by atoms with Crippen molar-refractivity contribution in [1.29, 1.82) is 0 Å². The Kier molecular flexibility index (Phi) is 2.75. The third-order valence-electron chi connectivity index (χ3n) is 2.14. The highest BCUT2D eigenvalue weighted by Crippen LogP contribution is 2.25. The third-order valence-corrected chi connectivity index (χ3v) is 2.38. The first-order chi connectivity index (χ1) is 7.18. The number of nitrogens with two attached hydrogens (primary N) is 1. The van der Waals surface area contributed by atoms with E-state index in [2.05, 4.69) is 0 Å². The monoisotopic (exact) mass is 225 g/mol. The van der Waals surface area contributed by atoms with E-state index in [9.17, 15) is 4.39 Å². The lowest BCUT2D eigenvalue weighted by Gasteiger charge is -2.10. The van der Waals surface area contributed by atoms with Gasteiger partial charge in [-0.3, -0.25) is 0 Å². The van der Waals surface area contributed by atoms with Crippen LogP contribution in [0.1, 0.15) is 17.4 Å². The average Bonchev–Trinajstić information content (AvgIpc) is 2.74. The first-order valence-electron chi connectivity index (χ1n) is 4.42. The molecule has 4 heteroatoms. The SMILES string of the molecule is NC(c1ccco1)c1cc(Cl)ccc1F. The van der Waals surface area contributed by atoms with Crippen molar-refractivity contribution in [3.05, 3.63) is 58.8 Å². The minimum Gasteiger partial charge on any atom is -0.467 e. The van der Waals surface area contributed by atoms with Gasteiger partial charge >= 0.3 is 0 Å². The molecule has 0 saturated heterocycles. The summed E-state index contributed by atoms with van der Waals surface area (Å²) in [6, 6.07) is 7.06. The second-order valence-electron chi connectivity index (χ2n) is 3.16. The Hall–Kier alpha value is -1.32. The summed E-state index contributed by atoms with van der Waals surface area (Å²) in [4.78, 5) is 0. The molecule has 15 heavy (non-hydrogen) atoms. The van der Waals surface area contributed by atoms with Crippen LogP contribution in [0.25, 0.3) is 0 Å². The molecule has 0 radical (unpaired) electrons. The maximum atomic E-state index is 13.4. The lowest BCUT2D eigenvalue weighted by Crippen LogP contribution is -2.12. The standard InChI is InChI=1S/C11H9ClFNO/c12-7-3-4-9(13)8(6-7)11(14)10-2-1-5-15-10/h1-6,11H,14H2. The predicted molar refractivity (Wildman–Crippen MR) is 56.1 cm³/mol. The molecular weight excluding hydrogens is 217 g/mol. The average molecular weight is 226 g/mol. The van der Waals surface area contributed by atoms with Crippen molar-refractivity contribution >= 4 is 11.6 Å². The van der Waals surface area contributed by atoms with Gasteiger partial charge < -0.3 is 10.2 Å². The summed E-state index contributed by atoms with van der Waals surface area (Å²) in [5.41, 5.74) is 6.17. The van der Waals surface area contributed by atoms with Gasteiger partial charge in [-0.15, -0.1) is 0 Å². The smallest absolute Gasteiger partial charge is 0.128 e. The minimum atomic E-state index is -0.626. The van der Waals surface area contributed by atoms with Gasteiger partial charge in [-0.1, -0.05) is 11.6 Å². The number of hydrogen-bond acceptors (Lipinski definition) is 2. The number of rotatable bonds is 2. The molecular formula is C11H9ClFNO. The Labute approximate surface area is 91.5 Å². The molecule has 0 spiro atoms. The quantitative estimate of drug-likeness (QED) is 0.853. The fraction of sp³-hybridized carbons (Fsp3) is 0.0909. The first kappa shape index (κ1) is 10.2. The molecule has 0 fully saturated rings. The fourth-order valence-electron chi connectivity index (χ4n) is 1.37. The Balaban J connectivity index is 2.41. The van der Waals surface area contributed by atoms with E-state index in [1.54, 1.807) is 12.1 Å². The summed E-state index contributed by atoms with van der Waals surface area (Å²) in [5, 5.41) is 0.452. The molecule has 0 amide bonds. The summed E-state index contributed by atoms with van der Waals surface area (Å²) in [6.07, 6.45) is 1.50. The lowest BCUT2D eigenvalue weighted by atomic mass is 10.1. The van der Waals surface area contributed by atoms with E-state index < -0.39 is 6.04 Å². The molecule has 2 nitrogen and oxygen atoms in total. The number of benzene rings is 1. The van der Waals surface area contributed by atoms with Crippen LogP contribution in [0.4, 0.5) is 4.39 Å². The molecule has 1 heterocycles. The molecule has 1 aromatic carbocycles. The van der Waals surface area contributed by atoms with E-state index in [0.29, 0.717) is 16.3 Å². The van der Waals surface area contributed by atoms with Crippen molar-refractivity contribution in [3.63, 3.8) is 0 Å². The van der Waals surface area contributed by atoms with Crippen LogP contribution in [-0.4, -0.2) is 0 Å². The predicted octanol–water partition coefficient (Wildman–Crippen LogP) is 3.12. The van der Waals surface area contributed by atoms with Gasteiger partial charge in [0, 0.05) is 10.6 Å². The van der Waals surface area contributed by atoms with Crippen molar-refractivity contribution in [3.8, 4) is 0 Å². The summed E-state index contributed by atoms with van der Waals surface area (Å²) < 4.78 is 18.5. The summed E-state index contributed by atoms with van der Waals surface area (Å²) >= 11 is 5.77. The molecule has 1 unspecified atom stereocenters. The lowest BCUT2D eigenvalue weighted by molar-refractivity contribution is 0.480. The zero-order valence-corrected chi connectivity index (χ0v) is 8.54. The molecule has 0 aliphatic rings. The third kappa shape index (κ3) is 2.03. The molecule has 2 rings (SSSR count). The van der Waals surface area contributed by atoms with Gasteiger partial charge in [0.05, 0.1) is 12.3 Å². The number of hydrogen-bond donors (Lipinski definition) is 1. The van der Waals surface area contributed by atoms with Crippen LogP contribution < -0.4 is 5.73 Å². The second kappa shape index (κ2) is 4.04. The summed E-state index contributed by atoms with van der Waals surface area (Å²) in [6.45, 7) is 0. The van der Waals surface area contributed by atoms with E-state index in [1.807, 2.05) is 0 Å². The highest BCUT2D eigenvalue weighted by molar-refractivity contribution is 6.30. The Bertz CT molecular complexity index is 456. The molecule has 0 aliphatic heterocycles. The van der Waals surface area contributed by atoms with E-state index in [0.717, 1.165) is 0 Å². The molecule has 78 valence electrons. The fourth-order valence-corrected chi connectivity index (χ4v) is 1.55. The highest BCUT2D eigenvalue weighted by atomic mass is 35.5. The molecule has 1 atom stereocenters. The van der Waals surface area contributed by atoms with Crippen molar-refractivity contribution < 1.29 is 8.81 Å². The largest absolute Gasteiger partial charge is 0.467 e. The van der Waals surface area contributed by atoms with Crippen molar-refractivity contribution in [2.45, 2.75) is 6.04 Å². The van der Waals surface area contributed by atoms with Gasteiger partial charge in [0.15, 0.2) is 0 Å².